The Hall–Kier alpha value is -3.30. The van der Waals surface area contributed by atoms with Gasteiger partial charge in [-0.05, 0) is 17.7 Å². The van der Waals surface area contributed by atoms with Crippen molar-refractivity contribution in [2.75, 3.05) is 13.1 Å². The number of aromatic nitrogens is 1. The fourth-order valence-electron chi connectivity index (χ4n) is 3.58. The standard InChI is InChI=1S/C18H17F2N5O3/c19-14-5-13(6-15(20)7-14)17-1-3-21-24(17)18(26)23-9-12(10-23)8-22-4-2-16(11-22)25(27)28/h2-7,11-12,17H,1,8-10H2/t17-/m0/s1. The Morgan fingerprint density at radius 3 is 2.61 bits per heavy atom. The summed E-state index contributed by atoms with van der Waals surface area (Å²) in [7, 11) is 0. The van der Waals surface area contributed by atoms with Crippen molar-refractivity contribution in [2.45, 2.75) is 19.0 Å². The van der Waals surface area contributed by atoms with Crippen LogP contribution in [0.3, 0.4) is 0 Å². The minimum Gasteiger partial charge on any atom is -0.348 e. The van der Waals surface area contributed by atoms with Gasteiger partial charge in [0.05, 0.1) is 17.2 Å². The number of nitrogens with zero attached hydrogens (tertiary/aromatic N) is 5. The number of hydrazone groups is 1. The topological polar surface area (TPSA) is 84.0 Å². The fourth-order valence-corrected chi connectivity index (χ4v) is 3.58. The first-order valence-electron chi connectivity index (χ1n) is 8.77. The van der Waals surface area contributed by atoms with Crippen molar-refractivity contribution in [2.24, 2.45) is 11.0 Å². The van der Waals surface area contributed by atoms with E-state index in [0.29, 0.717) is 31.6 Å². The first-order chi connectivity index (χ1) is 13.4. The minimum atomic E-state index is -0.695. The van der Waals surface area contributed by atoms with Crippen LogP contribution in [-0.2, 0) is 6.54 Å². The molecule has 2 aliphatic heterocycles. The molecule has 1 saturated heterocycles. The van der Waals surface area contributed by atoms with E-state index < -0.39 is 22.6 Å². The fraction of sp³-hybridized carbons (Fsp3) is 0.333. The highest BCUT2D eigenvalue weighted by Crippen LogP contribution is 2.32. The van der Waals surface area contributed by atoms with Crippen molar-refractivity contribution >= 4 is 17.9 Å². The van der Waals surface area contributed by atoms with Gasteiger partial charge in [-0.3, -0.25) is 10.1 Å². The Balaban J connectivity index is 1.37. The Morgan fingerprint density at radius 2 is 1.96 bits per heavy atom. The highest BCUT2D eigenvalue weighted by molar-refractivity contribution is 5.79. The van der Waals surface area contributed by atoms with Crippen molar-refractivity contribution in [1.29, 1.82) is 0 Å². The first kappa shape index (κ1) is 18.1. The molecule has 0 N–H and O–H groups in total. The monoisotopic (exact) mass is 389 g/mol. The molecule has 8 nitrogen and oxygen atoms in total. The van der Waals surface area contributed by atoms with Crippen LogP contribution in [0.15, 0.2) is 41.8 Å². The third-order valence-corrected chi connectivity index (χ3v) is 4.94. The number of likely N-dealkylation sites (tertiary alicyclic amines) is 1. The van der Waals surface area contributed by atoms with E-state index in [4.69, 9.17) is 0 Å². The maximum absolute atomic E-state index is 13.5. The molecule has 0 bridgehead atoms. The van der Waals surface area contributed by atoms with Gasteiger partial charge in [-0.25, -0.2) is 18.6 Å². The van der Waals surface area contributed by atoms with Gasteiger partial charge in [0.15, 0.2) is 0 Å². The average molecular weight is 389 g/mol. The Labute approximate surface area is 158 Å². The second kappa shape index (κ2) is 7.02. The lowest BCUT2D eigenvalue weighted by Gasteiger charge is -2.41. The summed E-state index contributed by atoms with van der Waals surface area (Å²) in [5, 5.41) is 16.1. The molecule has 0 saturated carbocycles. The van der Waals surface area contributed by atoms with Crippen molar-refractivity contribution in [3.05, 3.63) is 64.0 Å². The molecule has 146 valence electrons. The summed E-state index contributed by atoms with van der Waals surface area (Å²) in [6, 6.07) is 3.78. The van der Waals surface area contributed by atoms with Crippen molar-refractivity contribution in [3.8, 4) is 0 Å². The molecule has 1 atom stereocenters. The number of carbonyl (C=O) groups excluding carboxylic acids is 1. The maximum Gasteiger partial charge on any atom is 0.341 e. The SMILES string of the molecule is O=C(N1CC(Cn2ccc([N+](=O)[O-])c2)C1)N1N=CC[C@H]1c1cc(F)cc(F)c1. The van der Waals surface area contributed by atoms with Crippen molar-refractivity contribution in [3.63, 3.8) is 0 Å². The second-order valence-electron chi connectivity index (χ2n) is 6.97. The van der Waals surface area contributed by atoms with E-state index in [9.17, 15) is 23.7 Å². The summed E-state index contributed by atoms with van der Waals surface area (Å²) < 4.78 is 28.8. The van der Waals surface area contributed by atoms with Gasteiger partial charge >= 0.3 is 6.03 Å². The minimum absolute atomic E-state index is 0.0313. The van der Waals surface area contributed by atoms with Gasteiger partial charge in [-0.15, -0.1) is 0 Å². The van der Waals surface area contributed by atoms with Crippen LogP contribution in [0.1, 0.15) is 18.0 Å². The van der Waals surface area contributed by atoms with Crippen LogP contribution in [0.4, 0.5) is 19.3 Å². The lowest BCUT2D eigenvalue weighted by Crippen LogP contribution is -2.54. The smallest absolute Gasteiger partial charge is 0.341 e. The quantitative estimate of drug-likeness (QED) is 0.595. The summed E-state index contributed by atoms with van der Waals surface area (Å²) in [5.41, 5.74) is 0.393. The molecular formula is C18H17F2N5O3. The van der Waals surface area contributed by atoms with E-state index >= 15 is 0 Å². The number of rotatable bonds is 4. The van der Waals surface area contributed by atoms with E-state index in [1.165, 1.54) is 29.4 Å². The maximum atomic E-state index is 13.5. The molecule has 2 amide bonds. The summed E-state index contributed by atoms with van der Waals surface area (Å²) in [6.45, 7) is 1.54. The molecule has 0 spiro atoms. The molecule has 10 heteroatoms. The second-order valence-corrected chi connectivity index (χ2v) is 6.97. The van der Waals surface area contributed by atoms with E-state index in [1.807, 2.05) is 0 Å². The van der Waals surface area contributed by atoms with E-state index in [1.54, 1.807) is 21.9 Å². The molecule has 28 heavy (non-hydrogen) atoms. The molecule has 1 fully saturated rings. The molecule has 4 rings (SSSR count). The van der Waals surface area contributed by atoms with Crippen molar-refractivity contribution < 1.29 is 18.5 Å². The van der Waals surface area contributed by atoms with Gasteiger partial charge < -0.3 is 9.47 Å². The highest BCUT2D eigenvalue weighted by Gasteiger charge is 2.38. The molecule has 0 aliphatic carbocycles. The number of urea groups is 1. The number of benzene rings is 1. The van der Waals surface area contributed by atoms with Gasteiger partial charge in [0, 0.05) is 56.5 Å². The van der Waals surface area contributed by atoms with Gasteiger partial charge in [0.2, 0.25) is 0 Å². The zero-order chi connectivity index (χ0) is 19.8. The molecule has 3 heterocycles. The number of carbonyl (C=O) groups is 1. The molecule has 2 aliphatic rings. The molecule has 2 aromatic rings. The number of nitro groups is 1. The van der Waals surface area contributed by atoms with Crippen LogP contribution in [0.2, 0.25) is 0 Å². The van der Waals surface area contributed by atoms with Crippen LogP contribution >= 0.6 is 0 Å². The number of hydrogen-bond donors (Lipinski definition) is 0. The van der Waals surface area contributed by atoms with Crippen LogP contribution in [0.5, 0.6) is 0 Å². The lowest BCUT2D eigenvalue weighted by atomic mass is 10.00. The zero-order valence-corrected chi connectivity index (χ0v) is 14.7. The first-order valence-corrected chi connectivity index (χ1v) is 8.77. The summed E-state index contributed by atoms with van der Waals surface area (Å²) in [4.78, 5) is 24.6. The third-order valence-electron chi connectivity index (χ3n) is 4.94. The molecule has 1 aromatic carbocycles. The van der Waals surface area contributed by atoms with Crippen LogP contribution in [0.25, 0.3) is 0 Å². The summed E-state index contributed by atoms with van der Waals surface area (Å²) in [5.74, 6) is -1.22. The Kier molecular flexibility index (Phi) is 4.54. The van der Waals surface area contributed by atoms with E-state index in [-0.39, 0.29) is 17.6 Å². The van der Waals surface area contributed by atoms with Gasteiger partial charge in [0.1, 0.15) is 11.6 Å². The molecular weight excluding hydrogens is 372 g/mol. The molecule has 1 aromatic heterocycles. The van der Waals surface area contributed by atoms with Crippen molar-refractivity contribution in [1.82, 2.24) is 14.5 Å². The zero-order valence-electron chi connectivity index (χ0n) is 14.7. The van der Waals surface area contributed by atoms with Gasteiger partial charge in [0.25, 0.3) is 5.69 Å². The largest absolute Gasteiger partial charge is 0.348 e. The van der Waals surface area contributed by atoms with Gasteiger partial charge in [-0.2, -0.15) is 5.10 Å². The van der Waals surface area contributed by atoms with Crippen LogP contribution in [0, 0.1) is 27.7 Å². The Morgan fingerprint density at radius 1 is 1.25 bits per heavy atom. The normalized spacial score (nSPS) is 19.1. The van der Waals surface area contributed by atoms with Gasteiger partial charge in [-0.1, -0.05) is 0 Å². The van der Waals surface area contributed by atoms with E-state index in [2.05, 4.69) is 5.10 Å². The number of amides is 2. The summed E-state index contributed by atoms with van der Waals surface area (Å²) in [6.07, 6.45) is 5.05. The highest BCUT2D eigenvalue weighted by atomic mass is 19.1. The third kappa shape index (κ3) is 3.45. The summed E-state index contributed by atoms with van der Waals surface area (Å²) >= 11 is 0. The molecule has 0 unspecified atom stereocenters. The lowest BCUT2D eigenvalue weighted by molar-refractivity contribution is -0.384. The predicted molar refractivity (Wildman–Crippen MR) is 95.6 cm³/mol. The number of hydrogen-bond acceptors (Lipinski definition) is 4. The van der Waals surface area contributed by atoms with Crippen LogP contribution in [-0.4, -0.2) is 44.7 Å². The predicted octanol–water partition coefficient (Wildman–Crippen LogP) is 3.16. The number of halogens is 2. The van der Waals surface area contributed by atoms with E-state index in [0.717, 1.165) is 6.07 Å². The molecule has 0 radical (unpaired) electrons. The Bertz CT molecular complexity index is 934. The van der Waals surface area contributed by atoms with Crippen LogP contribution < -0.4 is 0 Å². The average Bonchev–Trinajstić information content (AvgIpc) is 3.25.